The van der Waals surface area contributed by atoms with Crippen LogP contribution in [0.1, 0.15) is 28.4 Å². The molecule has 0 spiro atoms. The molecule has 1 aromatic rings. The number of oxime groups is 1. The largest absolute Gasteiger partial charge is 0.417 e. The number of carbonyl (C=O) groups is 3. The molecule has 0 radical (unpaired) electrons. The maximum Gasteiger partial charge on any atom is 0.417 e. The molecule has 0 bridgehead atoms. The SMILES string of the molecule is CC(=O)ON=C1C(=O)Nc2cc(C(F)(F)F)cc(C(F)(F)F)c2C1=O. The van der Waals surface area contributed by atoms with Crippen LogP contribution in [0.25, 0.3) is 0 Å². The lowest BCUT2D eigenvalue weighted by Gasteiger charge is -2.22. The van der Waals surface area contributed by atoms with Crippen molar-refractivity contribution in [3.8, 4) is 0 Å². The molecule has 0 aromatic heterocycles. The molecule has 6 nitrogen and oxygen atoms in total. The second-order valence-corrected chi connectivity index (χ2v) is 4.75. The summed E-state index contributed by atoms with van der Waals surface area (Å²) >= 11 is 0. The highest BCUT2D eigenvalue weighted by molar-refractivity contribution is 6.72. The van der Waals surface area contributed by atoms with Crippen molar-refractivity contribution >= 4 is 29.1 Å². The van der Waals surface area contributed by atoms with Crippen LogP contribution < -0.4 is 5.32 Å². The van der Waals surface area contributed by atoms with Gasteiger partial charge in [-0.25, -0.2) is 4.79 Å². The third kappa shape index (κ3) is 3.61. The molecule has 25 heavy (non-hydrogen) atoms. The fourth-order valence-corrected chi connectivity index (χ4v) is 1.97. The van der Waals surface area contributed by atoms with E-state index < -0.39 is 58.1 Å². The second-order valence-electron chi connectivity index (χ2n) is 4.75. The Kier molecular flexibility index (Phi) is 4.32. The Morgan fingerprint density at radius 1 is 1.08 bits per heavy atom. The summed E-state index contributed by atoms with van der Waals surface area (Å²) in [5.74, 6) is -4.10. The van der Waals surface area contributed by atoms with Gasteiger partial charge in [0.2, 0.25) is 11.5 Å². The van der Waals surface area contributed by atoms with Crippen LogP contribution >= 0.6 is 0 Å². The number of hydrogen-bond acceptors (Lipinski definition) is 5. The third-order valence-electron chi connectivity index (χ3n) is 2.94. The van der Waals surface area contributed by atoms with Crippen molar-refractivity contribution in [2.75, 3.05) is 5.32 Å². The van der Waals surface area contributed by atoms with Gasteiger partial charge in [-0.3, -0.25) is 9.59 Å². The maximum absolute atomic E-state index is 13.1. The Hall–Kier alpha value is -2.92. The number of ketones is 1. The van der Waals surface area contributed by atoms with Crippen molar-refractivity contribution in [2.45, 2.75) is 19.3 Å². The first-order valence-electron chi connectivity index (χ1n) is 6.26. The molecule has 1 aliphatic rings. The number of anilines is 1. The Balaban J connectivity index is 2.71. The summed E-state index contributed by atoms with van der Waals surface area (Å²) in [6, 6.07) is -0.0549. The van der Waals surface area contributed by atoms with Gasteiger partial charge in [0.25, 0.3) is 5.91 Å². The van der Waals surface area contributed by atoms with Gasteiger partial charge in [0.15, 0.2) is 0 Å². The third-order valence-corrected chi connectivity index (χ3v) is 2.94. The van der Waals surface area contributed by atoms with Crippen molar-refractivity contribution in [1.82, 2.24) is 0 Å². The summed E-state index contributed by atoms with van der Waals surface area (Å²) in [6.45, 7) is 0.847. The number of nitrogens with zero attached hydrogens (tertiary/aromatic N) is 1. The van der Waals surface area contributed by atoms with E-state index in [4.69, 9.17) is 0 Å². The first-order chi connectivity index (χ1) is 11.3. The van der Waals surface area contributed by atoms with Crippen LogP contribution in [0.4, 0.5) is 32.0 Å². The first-order valence-corrected chi connectivity index (χ1v) is 6.26. The van der Waals surface area contributed by atoms with E-state index in [1.54, 1.807) is 5.32 Å². The van der Waals surface area contributed by atoms with Crippen LogP contribution in [0.2, 0.25) is 0 Å². The van der Waals surface area contributed by atoms with E-state index in [-0.39, 0.29) is 12.1 Å². The fraction of sp³-hybridized carbons (Fsp3) is 0.231. The monoisotopic (exact) mass is 368 g/mol. The fourth-order valence-electron chi connectivity index (χ4n) is 1.97. The Morgan fingerprint density at radius 3 is 2.16 bits per heavy atom. The highest BCUT2D eigenvalue weighted by Gasteiger charge is 2.44. The van der Waals surface area contributed by atoms with Crippen molar-refractivity contribution in [2.24, 2.45) is 5.16 Å². The molecule has 0 fully saturated rings. The molecule has 134 valence electrons. The van der Waals surface area contributed by atoms with Gasteiger partial charge in [-0.15, -0.1) is 0 Å². The molecule has 0 saturated carbocycles. The molecule has 0 unspecified atom stereocenters. The summed E-state index contributed by atoms with van der Waals surface area (Å²) in [6.07, 6.45) is -10.5. The Labute approximate surface area is 134 Å². The number of carbonyl (C=O) groups excluding carboxylic acids is 3. The summed E-state index contributed by atoms with van der Waals surface area (Å²) in [5, 5.41) is 4.56. The van der Waals surface area contributed by atoms with E-state index in [0.29, 0.717) is 0 Å². The molecule has 12 heteroatoms. The van der Waals surface area contributed by atoms with Gasteiger partial charge in [-0.2, -0.15) is 26.3 Å². The molecule has 1 aliphatic heterocycles. The van der Waals surface area contributed by atoms with Crippen LogP contribution in [0, 0.1) is 0 Å². The number of amides is 1. The highest BCUT2D eigenvalue weighted by atomic mass is 19.4. The molecule has 2 rings (SSSR count). The zero-order valence-corrected chi connectivity index (χ0v) is 12.0. The molecule has 1 amide bonds. The maximum atomic E-state index is 13.1. The Morgan fingerprint density at radius 2 is 1.68 bits per heavy atom. The number of hydrogen-bond donors (Lipinski definition) is 1. The number of alkyl halides is 6. The minimum absolute atomic E-state index is 0.197. The lowest BCUT2D eigenvalue weighted by Crippen LogP contribution is -2.38. The van der Waals surface area contributed by atoms with Crippen molar-refractivity contribution in [3.05, 3.63) is 28.8 Å². The molecule has 0 saturated heterocycles. The van der Waals surface area contributed by atoms with Crippen LogP contribution in [0.15, 0.2) is 17.3 Å². The predicted octanol–water partition coefficient (Wildman–Crippen LogP) is 2.78. The summed E-state index contributed by atoms with van der Waals surface area (Å²) in [4.78, 5) is 38.5. The lowest BCUT2D eigenvalue weighted by atomic mass is 9.92. The normalized spacial score (nSPS) is 16.5. The number of Topliss-reactive ketones (excluding diaryl/α,β-unsaturated/α-hetero) is 1. The Bertz CT molecular complexity index is 810. The zero-order chi connectivity index (χ0) is 19.2. The molecular weight excluding hydrogens is 362 g/mol. The van der Waals surface area contributed by atoms with Crippen LogP contribution in [0.3, 0.4) is 0 Å². The van der Waals surface area contributed by atoms with Crippen LogP contribution in [-0.2, 0) is 26.8 Å². The molecule has 0 aliphatic carbocycles. The lowest BCUT2D eigenvalue weighted by molar-refractivity contribution is -0.144. The van der Waals surface area contributed by atoms with E-state index >= 15 is 0 Å². The first kappa shape index (κ1) is 18.4. The average molecular weight is 368 g/mol. The van der Waals surface area contributed by atoms with Gasteiger partial charge in [-0.1, -0.05) is 5.16 Å². The number of nitrogens with one attached hydrogen (secondary N) is 1. The van der Waals surface area contributed by atoms with Crippen molar-refractivity contribution in [1.29, 1.82) is 0 Å². The van der Waals surface area contributed by atoms with E-state index in [1.807, 2.05) is 0 Å². The van der Waals surface area contributed by atoms with Crippen LogP contribution in [-0.4, -0.2) is 23.4 Å². The van der Waals surface area contributed by atoms with Crippen molar-refractivity contribution in [3.63, 3.8) is 0 Å². The predicted molar refractivity (Wildman–Crippen MR) is 68.6 cm³/mol. The summed E-state index contributed by atoms with van der Waals surface area (Å²) in [5.41, 5.74) is -7.01. The van der Waals surface area contributed by atoms with E-state index in [9.17, 15) is 40.7 Å². The molecule has 1 N–H and O–H groups in total. The van der Waals surface area contributed by atoms with Crippen molar-refractivity contribution < 1.29 is 45.6 Å². The van der Waals surface area contributed by atoms with Gasteiger partial charge in [0.05, 0.1) is 22.4 Å². The number of fused-ring (bicyclic) bond motifs is 1. The van der Waals surface area contributed by atoms with Crippen LogP contribution in [0.5, 0.6) is 0 Å². The minimum atomic E-state index is -5.32. The van der Waals surface area contributed by atoms with Gasteiger partial charge in [-0.05, 0) is 12.1 Å². The minimum Gasteiger partial charge on any atom is -0.320 e. The van der Waals surface area contributed by atoms with Gasteiger partial charge in [0.1, 0.15) is 0 Å². The molecule has 0 atom stereocenters. The van der Waals surface area contributed by atoms with Gasteiger partial charge < -0.3 is 10.2 Å². The van der Waals surface area contributed by atoms with E-state index in [0.717, 1.165) is 6.92 Å². The van der Waals surface area contributed by atoms with E-state index in [2.05, 4.69) is 9.99 Å². The zero-order valence-electron chi connectivity index (χ0n) is 12.0. The quantitative estimate of drug-likeness (QED) is 0.469. The van der Waals surface area contributed by atoms with Gasteiger partial charge >= 0.3 is 18.3 Å². The average Bonchev–Trinajstić information content (AvgIpc) is 2.43. The second kappa shape index (κ2) is 5.86. The summed E-state index contributed by atoms with van der Waals surface area (Å²) in [7, 11) is 0. The number of benzene rings is 1. The van der Waals surface area contributed by atoms with E-state index in [1.165, 1.54) is 0 Å². The molecule has 1 heterocycles. The smallest absolute Gasteiger partial charge is 0.320 e. The topological polar surface area (TPSA) is 84.8 Å². The molecule has 1 aromatic carbocycles. The molecular formula is C13H6F6N2O4. The van der Waals surface area contributed by atoms with Gasteiger partial charge in [0, 0.05) is 6.92 Å². The standard InChI is InChI=1S/C13H6F6N2O4/c1-4(22)25-21-9-10(23)8-6(13(17,18)19)2-5(12(14,15)16)3-7(8)20-11(9)24/h2-3H,1H3,(H,20,24). The summed E-state index contributed by atoms with van der Waals surface area (Å²) < 4.78 is 77.6. The highest BCUT2D eigenvalue weighted by Crippen LogP contribution is 2.41. The number of rotatable bonds is 1. The number of halogens is 6.